The normalized spacial score (nSPS) is 16.8. The number of pyridine rings is 2. The van der Waals surface area contributed by atoms with Crippen molar-refractivity contribution in [2.24, 2.45) is 0 Å². The highest BCUT2D eigenvalue weighted by atomic mass is 16.5. The molecular formula is C21H24N6O. The fourth-order valence-corrected chi connectivity index (χ4v) is 3.29. The van der Waals surface area contributed by atoms with Crippen molar-refractivity contribution in [1.82, 2.24) is 19.9 Å². The zero-order valence-electron chi connectivity index (χ0n) is 16.4. The van der Waals surface area contributed by atoms with Gasteiger partial charge in [-0.05, 0) is 51.1 Å². The van der Waals surface area contributed by atoms with E-state index in [1.165, 1.54) is 0 Å². The third-order valence-electron chi connectivity index (χ3n) is 4.60. The maximum Gasteiger partial charge on any atom is 0.225 e. The van der Waals surface area contributed by atoms with Crippen molar-refractivity contribution < 1.29 is 4.74 Å². The number of ether oxygens (including phenoxy) is 1. The van der Waals surface area contributed by atoms with E-state index in [1.807, 2.05) is 63.4 Å². The fourth-order valence-electron chi connectivity index (χ4n) is 3.29. The highest BCUT2D eigenvalue weighted by Crippen LogP contribution is 2.24. The van der Waals surface area contributed by atoms with E-state index >= 15 is 0 Å². The standard InChI is InChI=1S/C21H24N6O/c1-14-5-4-6-20(23-14)26-17-7-8-18(22-12-17)19-13-27(9-10-28-19)21-24-15(2)11-16(3)25-21/h4-8,11-12,19H,9-10,13H2,1-3H3,(H,23,26). The van der Waals surface area contributed by atoms with Crippen LogP contribution in [0.2, 0.25) is 0 Å². The SMILES string of the molecule is Cc1cccc(Nc2ccc(C3CN(c4nc(C)cc(C)n4)CCO3)nc2)n1. The maximum absolute atomic E-state index is 5.96. The zero-order valence-corrected chi connectivity index (χ0v) is 16.4. The monoisotopic (exact) mass is 376 g/mol. The van der Waals surface area contributed by atoms with Gasteiger partial charge >= 0.3 is 0 Å². The quantitative estimate of drug-likeness (QED) is 0.747. The molecule has 1 atom stereocenters. The van der Waals surface area contributed by atoms with Crippen molar-refractivity contribution in [3.63, 3.8) is 0 Å². The largest absolute Gasteiger partial charge is 0.368 e. The van der Waals surface area contributed by atoms with Crippen molar-refractivity contribution in [3.8, 4) is 0 Å². The molecule has 1 unspecified atom stereocenters. The molecule has 3 aromatic heterocycles. The van der Waals surface area contributed by atoms with Gasteiger partial charge in [0.1, 0.15) is 11.9 Å². The van der Waals surface area contributed by atoms with Gasteiger partial charge in [0, 0.05) is 23.6 Å². The Kier molecular flexibility index (Phi) is 5.16. The number of rotatable bonds is 4. The summed E-state index contributed by atoms with van der Waals surface area (Å²) in [6, 6.07) is 11.9. The molecule has 1 aliphatic rings. The molecule has 0 amide bonds. The Balaban J connectivity index is 1.46. The van der Waals surface area contributed by atoms with Crippen LogP contribution in [0.15, 0.2) is 42.6 Å². The van der Waals surface area contributed by atoms with Crippen molar-refractivity contribution in [2.75, 3.05) is 29.9 Å². The third kappa shape index (κ3) is 4.26. The summed E-state index contributed by atoms with van der Waals surface area (Å²) in [6.07, 6.45) is 1.71. The molecule has 0 bridgehead atoms. The molecule has 0 aromatic carbocycles. The third-order valence-corrected chi connectivity index (χ3v) is 4.60. The van der Waals surface area contributed by atoms with Crippen LogP contribution in [-0.2, 0) is 4.74 Å². The number of aromatic nitrogens is 4. The fraction of sp³-hybridized carbons (Fsp3) is 0.333. The Morgan fingerprint density at radius 2 is 1.82 bits per heavy atom. The molecule has 3 aromatic rings. The topological polar surface area (TPSA) is 76.1 Å². The molecular weight excluding hydrogens is 352 g/mol. The number of nitrogens with zero attached hydrogens (tertiary/aromatic N) is 5. The first-order chi connectivity index (χ1) is 13.6. The summed E-state index contributed by atoms with van der Waals surface area (Å²) in [5.74, 6) is 1.57. The summed E-state index contributed by atoms with van der Waals surface area (Å²) in [6.45, 7) is 8.03. The highest BCUT2D eigenvalue weighted by molar-refractivity contribution is 5.55. The number of aryl methyl sites for hydroxylation is 3. The second-order valence-corrected chi connectivity index (χ2v) is 7.02. The lowest BCUT2D eigenvalue weighted by Crippen LogP contribution is -2.39. The van der Waals surface area contributed by atoms with E-state index in [4.69, 9.17) is 4.74 Å². The minimum atomic E-state index is -0.107. The van der Waals surface area contributed by atoms with Gasteiger partial charge in [-0.3, -0.25) is 4.98 Å². The highest BCUT2D eigenvalue weighted by Gasteiger charge is 2.25. The van der Waals surface area contributed by atoms with Gasteiger partial charge in [0.05, 0.1) is 30.7 Å². The van der Waals surface area contributed by atoms with Crippen molar-refractivity contribution >= 4 is 17.5 Å². The van der Waals surface area contributed by atoms with Crippen LogP contribution in [0.1, 0.15) is 28.9 Å². The van der Waals surface area contributed by atoms with Crippen LogP contribution >= 0.6 is 0 Å². The summed E-state index contributed by atoms with van der Waals surface area (Å²) in [5.41, 5.74) is 4.72. The summed E-state index contributed by atoms with van der Waals surface area (Å²) in [5, 5.41) is 3.28. The smallest absolute Gasteiger partial charge is 0.225 e. The zero-order chi connectivity index (χ0) is 19.5. The van der Waals surface area contributed by atoms with Gasteiger partial charge in [-0.2, -0.15) is 0 Å². The van der Waals surface area contributed by atoms with Gasteiger partial charge in [0.25, 0.3) is 0 Å². The average molecular weight is 376 g/mol. The molecule has 1 N–H and O–H groups in total. The second kappa shape index (κ2) is 7.90. The van der Waals surface area contributed by atoms with Gasteiger partial charge in [0.15, 0.2) is 0 Å². The van der Waals surface area contributed by atoms with Crippen LogP contribution in [0.3, 0.4) is 0 Å². The molecule has 1 fully saturated rings. The molecule has 4 heterocycles. The Hall–Kier alpha value is -3.06. The molecule has 7 nitrogen and oxygen atoms in total. The molecule has 1 saturated heterocycles. The Morgan fingerprint density at radius 1 is 1.00 bits per heavy atom. The number of anilines is 3. The van der Waals surface area contributed by atoms with Gasteiger partial charge in [-0.25, -0.2) is 15.0 Å². The van der Waals surface area contributed by atoms with Crippen LogP contribution < -0.4 is 10.2 Å². The minimum absolute atomic E-state index is 0.107. The molecule has 7 heteroatoms. The minimum Gasteiger partial charge on any atom is -0.368 e. The van der Waals surface area contributed by atoms with Gasteiger partial charge in [-0.15, -0.1) is 0 Å². The average Bonchev–Trinajstić information content (AvgIpc) is 2.68. The number of hydrogen-bond donors (Lipinski definition) is 1. The first-order valence-electron chi connectivity index (χ1n) is 9.42. The molecule has 0 aliphatic carbocycles. The summed E-state index contributed by atoms with van der Waals surface area (Å²) in [4.78, 5) is 20.4. The predicted octanol–water partition coefficient (Wildman–Crippen LogP) is 3.51. The lowest BCUT2D eigenvalue weighted by molar-refractivity contribution is 0.0365. The number of morpholine rings is 1. The first kappa shape index (κ1) is 18.3. The van der Waals surface area contributed by atoms with Crippen molar-refractivity contribution in [2.45, 2.75) is 26.9 Å². The maximum atomic E-state index is 5.96. The molecule has 0 spiro atoms. The van der Waals surface area contributed by atoms with E-state index in [0.717, 1.165) is 46.8 Å². The first-order valence-corrected chi connectivity index (χ1v) is 9.42. The molecule has 1 aliphatic heterocycles. The van der Waals surface area contributed by atoms with Gasteiger partial charge in [0.2, 0.25) is 5.95 Å². The van der Waals surface area contributed by atoms with Crippen LogP contribution in [0.5, 0.6) is 0 Å². The molecule has 0 saturated carbocycles. The van der Waals surface area contributed by atoms with E-state index in [2.05, 4.69) is 30.2 Å². The molecule has 0 radical (unpaired) electrons. The summed E-state index contributed by atoms with van der Waals surface area (Å²) in [7, 11) is 0. The van der Waals surface area contributed by atoms with E-state index in [9.17, 15) is 0 Å². The molecule has 4 rings (SSSR count). The number of nitrogens with one attached hydrogen (secondary N) is 1. The van der Waals surface area contributed by atoms with E-state index < -0.39 is 0 Å². The van der Waals surface area contributed by atoms with Crippen molar-refractivity contribution in [3.05, 3.63) is 65.4 Å². The lowest BCUT2D eigenvalue weighted by Gasteiger charge is -2.32. The van der Waals surface area contributed by atoms with Crippen LogP contribution in [0.4, 0.5) is 17.5 Å². The predicted molar refractivity (Wildman–Crippen MR) is 109 cm³/mol. The molecule has 144 valence electrons. The summed E-state index contributed by atoms with van der Waals surface area (Å²) < 4.78 is 5.96. The Morgan fingerprint density at radius 3 is 2.54 bits per heavy atom. The summed E-state index contributed by atoms with van der Waals surface area (Å²) >= 11 is 0. The van der Waals surface area contributed by atoms with Crippen molar-refractivity contribution in [1.29, 1.82) is 0 Å². The lowest BCUT2D eigenvalue weighted by atomic mass is 10.2. The van der Waals surface area contributed by atoms with Gasteiger partial charge in [-0.1, -0.05) is 6.07 Å². The van der Waals surface area contributed by atoms with Crippen LogP contribution in [0, 0.1) is 20.8 Å². The second-order valence-electron chi connectivity index (χ2n) is 7.02. The van der Waals surface area contributed by atoms with E-state index in [0.29, 0.717) is 13.2 Å². The Bertz CT molecular complexity index is 939. The van der Waals surface area contributed by atoms with Gasteiger partial charge < -0.3 is 15.0 Å². The van der Waals surface area contributed by atoms with Crippen LogP contribution in [0.25, 0.3) is 0 Å². The van der Waals surface area contributed by atoms with Crippen LogP contribution in [-0.4, -0.2) is 39.6 Å². The number of hydrogen-bond acceptors (Lipinski definition) is 7. The molecule has 28 heavy (non-hydrogen) atoms. The Labute approximate surface area is 164 Å². The van der Waals surface area contributed by atoms with E-state index in [-0.39, 0.29) is 6.10 Å². The van der Waals surface area contributed by atoms with E-state index in [1.54, 1.807) is 0 Å².